The maximum absolute atomic E-state index is 7.03. The molecule has 0 atom stereocenters. The molecule has 0 spiro atoms. The number of nitrogens with zero attached hydrogens (tertiary/aromatic N) is 2. The Bertz CT molecular complexity index is 3200. The number of para-hydroxylation sites is 3. The van der Waals surface area contributed by atoms with Crippen LogP contribution in [0, 0.1) is 0 Å². The zero-order chi connectivity index (χ0) is 37.7. The molecule has 0 saturated carbocycles. The van der Waals surface area contributed by atoms with Gasteiger partial charge in [0.2, 0.25) is 0 Å². The summed E-state index contributed by atoms with van der Waals surface area (Å²) in [6.45, 7) is 0. The third-order valence-electron chi connectivity index (χ3n) is 11.2. The van der Waals surface area contributed by atoms with Crippen molar-refractivity contribution < 1.29 is 4.42 Å². The van der Waals surface area contributed by atoms with Gasteiger partial charge in [-0.1, -0.05) is 170 Å². The van der Waals surface area contributed by atoms with Crippen LogP contribution in [0.5, 0.6) is 0 Å². The largest absolute Gasteiger partial charge is 0.453 e. The fraction of sp³-hybridized carbons (Fsp3) is 0. The minimum Gasteiger partial charge on any atom is -0.453 e. The van der Waals surface area contributed by atoms with Gasteiger partial charge in [-0.15, -0.1) is 0 Å². The lowest BCUT2D eigenvalue weighted by Gasteiger charge is -2.26. The number of fused-ring (bicyclic) bond motifs is 6. The van der Waals surface area contributed by atoms with Gasteiger partial charge in [-0.3, -0.25) is 0 Å². The van der Waals surface area contributed by atoms with Gasteiger partial charge in [-0.25, -0.2) is 0 Å². The first kappa shape index (κ1) is 32.8. The highest BCUT2D eigenvalue weighted by Gasteiger charge is 2.23. The van der Waals surface area contributed by atoms with Gasteiger partial charge in [0, 0.05) is 44.2 Å². The zero-order valence-corrected chi connectivity index (χ0v) is 31.1. The van der Waals surface area contributed by atoms with Crippen molar-refractivity contribution in [3.05, 3.63) is 218 Å². The van der Waals surface area contributed by atoms with E-state index in [1.165, 1.54) is 38.5 Å². The number of hydrogen-bond donors (Lipinski definition) is 0. The molecule has 268 valence electrons. The molecule has 3 heteroatoms. The fourth-order valence-corrected chi connectivity index (χ4v) is 8.60. The van der Waals surface area contributed by atoms with E-state index in [2.05, 4.69) is 228 Å². The van der Waals surface area contributed by atoms with Gasteiger partial charge in [-0.05, 0) is 76.3 Å². The Labute approximate surface area is 330 Å². The van der Waals surface area contributed by atoms with Gasteiger partial charge in [0.1, 0.15) is 5.58 Å². The van der Waals surface area contributed by atoms with Crippen molar-refractivity contribution in [3.8, 4) is 39.1 Å². The number of furan rings is 1. The van der Waals surface area contributed by atoms with Crippen molar-refractivity contribution in [1.29, 1.82) is 0 Å². The van der Waals surface area contributed by atoms with E-state index in [9.17, 15) is 0 Å². The summed E-state index contributed by atoms with van der Waals surface area (Å²) < 4.78 is 9.44. The van der Waals surface area contributed by atoms with E-state index >= 15 is 0 Å². The number of aromatic nitrogens is 1. The van der Waals surface area contributed by atoms with Gasteiger partial charge in [0.15, 0.2) is 5.58 Å². The van der Waals surface area contributed by atoms with E-state index in [1.54, 1.807) is 0 Å². The Kier molecular flexibility index (Phi) is 7.82. The zero-order valence-electron chi connectivity index (χ0n) is 31.1. The molecule has 0 fully saturated rings. The van der Waals surface area contributed by atoms with Crippen LogP contribution in [0.2, 0.25) is 0 Å². The molecule has 0 aliphatic carbocycles. The van der Waals surface area contributed by atoms with Crippen LogP contribution < -0.4 is 4.90 Å². The van der Waals surface area contributed by atoms with E-state index < -0.39 is 0 Å². The SMILES string of the molecule is c1ccc(-c2ccc(N(c3ccc4c5c(-c6ccccc6)cccc5n(-c5ccccc5)c4c3)c3cccc4c3oc3c(-c5ccccc5)cccc34)cc2)cc1. The van der Waals surface area contributed by atoms with Crippen LogP contribution in [0.15, 0.2) is 223 Å². The van der Waals surface area contributed by atoms with E-state index in [-0.39, 0.29) is 0 Å². The highest BCUT2D eigenvalue weighted by molar-refractivity contribution is 6.17. The van der Waals surface area contributed by atoms with Crippen LogP contribution in [0.3, 0.4) is 0 Å². The first-order chi connectivity index (χ1) is 28.3. The highest BCUT2D eigenvalue weighted by atomic mass is 16.3. The Morgan fingerprint density at radius 3 is 1.60 bits per heavy atom. The van der Waals surface area contributed by atoms with E-state index in [0.717, 1.165) is 61.3 Å². The fourth-order valence-electron chi connectivity index (χ4n) is 8.60. The van der Waals surface area contributed by atoms with Crippen LogP contribution in [0.1, 0.15) is 0 Å². The van der Waals surface area contributed by atoms with Gasteiger partial charge in [0.05, 0.1) is 16.7 Å². The lowest BCUT2D eigenvalue weighted by atomic mass is 9.99. The second kappa shape index (κ2) is 13.6. The normalized spacial score (nSPS) is 11.5. The Morgan fingerprint density at radius 1 is 0.351 bits per heavy atom. The highest BCUT2D eigenvalue weighted by Crippen LogP contribution is 2.46. The molecule has 0 N–H and O–H groups in total. The summed E-state index contributed by atoms with van der Waals surface area (Å²) in [6, 6.07) is 77.9. The number of benzene rings is 9. The molecule has 2 aromatic heterocycles. The number of anilines is 3. The molecular formula is C54H36N2O. The summed E-state index contributed by atoms with van der Waals surface area (Å²) in [5, 5.41) is 4.62. The minimum absolute atomic E-state index is 0.845. The van der Waals surface area contributed by atoms with Crippen molar-refractivity contribution in [2.24, 2.45) is 0 Å². The van der Waals surface area contributed by atoms with Crippen LogP contribution in [0.4, 0.5) is 17.1 Å². The van der Waals surface area contributed by atoms with Crippen molar-refractivity contribution in [2.45, 2.75) is 0 Å². The molecule has 0 aliphatic rings. The molecule has 57 heavy (non-hydrogen) atoms. The molecule has 11 rings (SSSR count). The molecule has 9 aromatic carbocycles. The van der Waals surface area contributed by atoms with Gasteiger partial charge < -0.3 is 13.9 Å². The Balaban J connectivity index is 1.18. The van der Waals surface area contributed by atoms with Crippen LogP contribution in [-0.4, -0.2) is 4.57 Å². The summed E-state index contributed by atoms with van der Waals surface area (Å²) in [5.74, 6) is 0. The molecule has 0 unspecified atom stereocenters. The smallest absolute Gasteiger partial charge is 0.159 e. The Morgan fingerprint density at radius 2 is 0.895 bits per heavy atom. The monoisotopic (exact) mass is 728 g/mol. The lowest BCUT2D eigenvalue weighted by Crippen LogP contribution is -2.10. The van der Waals surface area contributed by atoms with Crippen LogP contribution in [0.25, 0.3) is 82.8 Å². The van der Waals surface area contributed by atoms with Crippen molar-refractivity contribution >= 4 is 60.8 Å². The maximum Gasteiger partial charge on any atom is 0.159 e. The first-order valence-corrected chi connectivity index (χ1v) is 19.4. The van der Waals surface area contributed by atoms with Gasteiger partial charge in [-0.2, -0.15) is 0 Å². The second-order valence-electron chi connectivity index (χ2n) is 14.5. The third kappa shape index (κ3) is 5.51. The number of rotatable bonds is 7. The van der Waals surface area contributed by atoms with Crippen LogP contribution in [-0.2, 0) is 0 Å². The predicted molar refractivity (Wildman–Crippen MR) is 239 cm³/mol. The molecule has 0 bridgehead atoms. The van der Waals surface area contributed by atoms with Crippen molar-refractivity contribution in [1.82, 2.24) is 4.57 Å². The molecule has 3 nitrogen and oxygen atoms in total. The van der Waals surface area contributed by atoms with Crippen molar-refractivity contribution in [3.63, 3.8) is 0 Å². The molecule has 0 amide bonds. The second-order valence-corrected chi connectivity index (χ2v) is 14.5. The van der Waals surface area contributed by atoms with E-state index in [4.69, 9.17) is 4.42 Å². The quantitative estimate of drug-likeness (QED) is 0.163. The topological polar surface area (TPSA) is 21.3 Å². The first-order valence-electron chi connectivity index (χ1n) is 19.4. The van der Waals surface area contributed by atoms with Gasteiger partial charge >= 0.3 is 0 Å². The maximum atomic E-state index is 7.03. The summed E-state index contributed by atoms with van der Waals surface area (Å²) in [4.78, 5) is 2.35. The van der Waals surface area contributed by atoms with E-state index in [0.29, 0.717) is 0 Å². The average molecular weight is 729 g/mol. The van der Waals surface area contributed by atoms with Gasteiger partial charge in [0.25, 0.3) is 0 Å². The third-order valence-corrected chi connectivity index (χ3v) is 11.2. The summed E-state index contributed by atoms with van der Waals surface area (Å²) in [5.41, 5.74) is 15.2. The molecule has 11 aromatic rings. The molecule has 0 saturated heterocycles. The summed E-state index contributed by atoms with van der Waals surface area (Å²) >= 11 is 0. The molecule has 2 heterocycles. The molecule has 0 aliphatic heterocycles. The summed E-state index contributed by atoms with van der Waals surface area (Å²) in [7, 11) is 0. The Hall–Kier alpha value is -7.62. The lowest BCUT2D eigenvalue weighted by molar-refractivity contribution is 0.670. The van der Waals surface area contributed by atoms with Crippen LogP contribution >= 0.6 is 0 Å². The molecule has 0 radical (unpaired) electrons. The standard InChI is InChI=1S/C54H36N2O/c1-5-16-37(17-6-1)38-30-32-42(33-31-38)55(50-29-15-27-47-46-26-13-25-45(53(46)57-54(47)50)40-20-9-3-10-21-40)43-34-35-48-51(36-43)56(41-22-11-4-12-23-41)49-28-14-24-44(52(48)49)39-18-7-2-8-19-39/h1-36H. The summed E-state index contributed by atoms with van der Waals surface area (Å²) in [6.07, 6.45) is 0. The minimum atomic E-state index is 0.845. The predicted octanol–water partition coefficient (Wildman–Crippen LogP) is 15.2. The molecular weight excluding hydrogens is 693 g/mol. The van der Waals surface area contributed by atoms with E-state index in [1.807, 2.05) is 0 Å². The number of hydrogen-bond acceptors (Lipinski definition) is 2. The van der Waals surface area contributed by atoms with Crippen molar-refractivity contribution in [2.75, 3.05) is 4.90 Å². The average Bonchev–Trinajstić information content (AvgIpc) is 3.84.